The Hall–Kier alpha value is -1.05. The molecule has 0 atom stereocenters. The minimum Gasteiger partial charge on any atom is -0.461 e. The van der Waals surface area contributed by atoms with E-state index in [1.807, 2.05) is 6.26 Å². The third-order valence-corrected chi connectivity index (χ3v) is 4.30. The van der Waals surface area contributed by atoms with Crippen LogP contribution in [0.15, 0.2) is 10.7 Å². The van der Waals surface area contributed by atoms with Crippen LogP contribution in [0.1, 0.15) is 66.6 Å². The van der Waals surface area contributed by atoms with Gasteiger partial charge < -0.3 is 4.42 Å². The summed E-state index contributed by atoms with van der Waals surface area (Å²) in [5.74, 6) is 1.22. The molecule has 0 amide bonds. The summed E-state index contributed by atoms with van der Waals surface area (Å²) in [5.41, 5.74) is 2.52. The van der Waals surface area contributed by atoms with Crippen LogP contribution >= 0.6 is 0 Å². The summed E-state index contributed by atoms with van der Waals surface area (Å²) in [6.45, 7) is 0. The van der Waals surface area contributed by atoms with E-state index in [0.29, 0.717) is 5.76 Å². The van der Waals surface area contributed by atoms with Crippen LogP contribution < -0.4 is 0 Å². The van der Waals surface area contributed by atoms with Crippen molar-refractivity contribution < 1.29 is 9.21 Å². The van der Waals surface area contributed by atoms with Gasteiger partial charge >= 0.3 is 0 Å². The topological polar surface area (TPSA) is 30.2 Å². The number of hydrogen-bond acceptors (Lipinski definition) is 2. The molecule has 1 aromatic heterocycles. The van der Waals surface area contributed by atoms with Crippen LogP contribution in [0.4, 0.5) is 0 Å². The molecule has 0 radical (unpaired) electrons. The number of fused-ring (bicyclic) bond motifs is 1. The number of carbonyl (C=O) groups is 1. The van der Waals surface area contributed by atoms with E-state index < -0.39 is 0 Å². The lowest BCUT2D eigenvalue weighted by molar-refractivity contribution is 0.0859. The van der Waals surface area contributed by atoms with Gasteiger partial charge in [-0.15, -0.1) is 0 Å². The van der Waals surface area contributed by atoms with E-state index in [1.54, 1.807) is 0 Å². The van der Waals surface area contributed by atoms with Crippen LogP contribution in [0.25, 0.3) is 0 Å². The van der Waals surface area contributed by atoms with E-state index in [9.17, 15) is 4.79 Å². The highest BCUT2D eigenvalue weighted by atomic mass is 16.3. The van der Waals surface area contributed by atoms with E-state index in [1.165, 1.54) is 43.2 Å². The highest BCUT2D eigenvalue weighted by molar-refractivity contribution is 5.97. The van der Waals surface area contributed by atoms with Crippen molar-refractivity contribution in [2.24, 2.45) is 5.92 Å². The molecule has 1 heterocycles. The third-order valence-electron chi connectivity index (χ3n) is 4.30. The molecule has 2 aliphatic carbocycles. The number of ketones is 1. The van der Waals surface area contributed by atoms with Crippen LogP contribution in [-0.2, 0) is 12.8 Å². The second-order valence-electron chi connectivity index (χ2n) is 5.47. The number of carbonyl (C=O) groups excluding carboxylic acids is 1. The summed E-state index contributed by atoms with van der Waals surface area (Å²) >= 11 is 0. The zero-order valence-electron chi connectivity index (χ0n) is 10.3. The van der Waals surface area contributed by atoms with Gasteiger partial charge in [0.15, 0.2) is 5.76 Å². The molecule has 92 valence electrons. The molecular weight excluding hydrogens is 212 g/mol. The SMILES string of the molecule is O=C(c1occ2c1CCCC2)C1CCCCC1. The van der Waals surface area contributed by atoms with E-state index in [0.717, 1.165) is 25.7 Å². The van der Waals surface area contributed by atoms with Crippen molar-refractivity contribution in [3.05, 3.63) is 23.2 Å². The van der Waals surface area contributed by atoms with E-state index in [2.05, 4.69) is 0 Å². The van der Waals surface area contributed by atoms with Crippen molar-refractivity contribution in [2.75, 3.05) is 0 Å². The molecule has 2 nitrogen and oxygen atoms in total. The molecule has 0 spiro atoms. The number of aryl methyl sites for hydroxylation is 1. The van der Waals surface area contributed by atoms with Crippen LogP contribution in [0.2, 0.25) is 0 Å². The minimum atomic E-state index is 0.237. The van der Waals surface area contributed by atoms with Gasteiger partial charge in [0, 0.05) is 11.5 Å². The van der Waals surface area contributed by atoms with Gasteiger partial charge in [0.1, 0.15) is 0 Å². The first-order valence-electron chi connectivity index (χ1n) is 6.99. The van der Waals surface area contributed by atoms with Gasteiger partial charge in [-0.05, 0) is 44.1 Å². The van der Waals surface area contributed by atoms with Crippen molar-refractivity contribution in [3.63, 3.8) is 0 Å². The fourth-order valence-corrected chi connectivity index (χ4v) is 3.28. The van der Waals surface area contributed by atoms with Gasteiger partial charge in [-0.3, -0.25) is 4.79 Å². The summed E-state index contributed by atoms with van der Waals surface area (Å²) in [4.78, 5) is 12.4. The summed E-state index contributed by atoms with van der Waals surface area (Å²) in [6, 6.07) is 0. The van der Waals surface area contributed by atoms with Crippen molar-refractivity contribution in [1.82, 2.24) is 0 Å². The monoisotopic (exact) mass is 232 g/mol. The predicted molar refractivity (Wildman–Crippen MR) is 66.3 cm³/mol. The lowest BCUT2D eigenvalue weighted by atomic mass is 9.83. The van der Waals surface area contributed by atoms with Crippen molar-refractivity contribution in [3.8, 4) is 0 Å². The third kappa shape index (κ3) is 2.05. The standard InChI is InChI=1S/C15H20O2/c16-14(11-6-2-1-3-7-11)15-13-9-5-4-8-12(13)10-17-15/h10-11H,1-9H2. The first-order valence-corrected chi connectivity index (χ1v) is 6.99. The Morgan fingerprint density at radius 1 is 1.06 bits per heavy atom. The maximum absolute atomic E-state index is 12.4. The number of furan rings is 1. The van der Waals surface area contributed by atoms with Gasteiger partial charge in [0.25, 0.3) is 0 Å². The van der Waals surface area contributed by atoms with E-state index >= 15 is 0 Å². The van der Waals surface area contributed by atoms with Gasteiger partial charge in [0.05, 0.1) is 6.26 Å². The van der Waals surface area contributed by atoms with Crippen molar-refractivity contribution >= 4 is 5.78 Å². The van der Waals surface area contributed by atoms with E-state index in [4.69, 9.17) is 4.42 Å². The minimum absolute atomic E-state index is 0.237. The van der Waals surface area contributed by atoms with Crippen LogP contribution in [-0.4, -0.2) is 5.78 Å². The second-order valence-corrected chi connectivity index (χ2v) is 5.47. The van der Waals surface area contributed by atoms with Gasteiger partial charge in [0.2, 0.25) is 5.78 Å². The van der Waals surface area contributed by atoms with E-state index in [-0.39, 0.29) is 11.7 Å². The molecular formula is C15H20O2. The predicted octanol–water partition coefficient (Wildman–Crippen LogP) is 3.92. The van der Waals surface area contributed by atoms with Gasteiger partial charge in [-0.2, -0.15) is 0 Å². The van der Waals surface area contributed by atoms with Gasteiger partial charge in [-0.1, -0.05) is 19.3 Å². The summed E-state index contributed by atoms with van der Waals surface area (Å²) in [5, 5.41) is 0. The average Bonchev–Trinajstić information content (AvgIpc) is 2.83. The van der Waals surface area contributed by atoms with Crippen LogP contribution in [0.5, 0.6) is 0 Å². The molecule has 0 N–H and O–H groups in total. The average molecular weight is 232 g/mol. The molecule has 3 rings (SSSR count). The normalized spacial score (nSPS) is 21.2. The Morgan fingerprint density at radius 2 is 1.82 bits per heavy atom. The van der Waals surface area contributed by atoms with Gasteiger partial charge in [-0.25, -0.2) is 0 Å². The molecule has 0 unspecified atom stereocenters. The molecule has 17 heavy (non-hydrogen) atoms. The Labute approximate surface area is 102 Å². The van der Waals surface area contributed by atoms with Crippen molar-refractivity contribution in [1.29, 1.82) is 0 Å². The largest absolute Gasteiger partial charge is 0.461 e. The second kappa shape index (κ2) is 4.67. The van der Waals surface area contributed by atoms with Crippen LogP contribution in [0.3, 0.4) is 0 Å². The summed E-state index contributed by atoms with van der Waals surface area (Å²) < 4.78 is 5.58. The molecule has 2 heteroatoms. The Balaban J connectivity index is 1.83. The molecule has 0 aromatic carbocycles. The molecule has 0 aliphatic heterocycles. The number of Topliss-reactive ketones (excluding diaryl/α,β-unsaturated/α-hetero) is 1. The smallest absolute Gasteiger partial charge is 0.201 e. The lowest BCUT2D eigenvalue weighted by Crippen LogP contribution is -2.19. The molecule has 1 aromatic rings. The maximum atomic E-state index is 12.4. The molecule has 1 fully saturated rings. The Bertz CT molecular complexity index is 411. The zero-order chi connectivity index (χ0) is 11.7. The fourth-order valence-electron chi connectivity index (χ4n) is 3.28. The number of hydrogen-bond donors (Lipinski definition) is 0. The van der Waals surface area contributed by atoms with Crippen LogP contribution in [0, 0.1) is 5.92 Å². The molecule has 1 saturated carbocycles. The first-order chi connectivity index (χ1) is 8.36. The maximum Gasteiger partial charge on any atom is 0.201 e. The lowest BCUT2D eigenvalue weighted by Gasteiger charge is -2.20. The molecule has 0 bridgehead atoms. The van der Waals surface area contributed by atoms with Crippen molar-refractivity contribution in [2.45, 2.75) is 57.8 Å². The highest BCUT2D eigenvalue weighted by Gasteiger charge is 2.28. The quantitative estimate of drug-likeness (QED) is 0.723. The fraction of sp³-hybridized carbons (Fsp3) is 0.667. The Kier molecular flexibility index (Phi) is 3.04. The first kappa shape index (κ1) is 11.1. The summed E-state index contributed by atoms with van der Waals surface area (Å²) in [6.07, 6.45) is 12.2. The molecule has 0 saturated heterocycles. The Morgan fingerprint density at radius 3 is 2.65 bits per heavy atom. The highest BCUT2D eigenvalue weighted by Crippen LogP contribution is 2.32. The zero-order valence-corrected chi connectivity index (χ0v) is 10.3. The summed E-state index contributed by atoms with van der Waals surface area (Å²) in [7, 11) is 0. The number of rotatable bonds is 2. The molecule has 2 aliphatic rings.